The molecule has 1 rings (SSSR count). The lowest BCUT2D eigenvalue weighted by Crippen LogP contribution is -2.36. The Morgan fingerprint density at radius 2 is 2.17 bits per heavy atom. The molecule has 0 heterocycles. The van der Waals surface area contributed by atoms with Crippen LogP contribution in [0.15, 0.2) is 18.2 Å². The highest BCUT2D eigenvalue weighted by Crippen LogP contribution is 2.19. The Balaban J connectivity index is 3.04. The van der Waals surface area contributed by atoms with E-state index < -0.39 is 4.92 Å². The summed E-state index contributed by atoms with van der Waals surface area (Å²) in [6.07, 6.45) is 0. The number of amides is 1. The van der Waals surface area contributed by atoms with Gasteiger partial charge in [0, 0.05) is 36.1 Å². The smallest absolute Gasteiger partial charge is 0.269 e. The number of rotatable bonds is 4. The Morgan fingerprint density at radius 1 is 1.56 bits per heavy atom. The number of non-ortho nitro benzene ring substituents is 1. The Bertz CT molecular complexity index is 476. The fourth-order valence-corrected chi connectivity index (χ4v) is 1.93. The number of carbonyl (C=O) groups is 1. The van der Waals surface area contributed by atoms with Crippen molar-refractivity contribution in [3.05, 3.63) is 39.4 Å². The van der Waals surface area contributed by atoms with Crippen molar-refractivity contribution in [1.29, 1.82) is 0 Å². The molecular formula is C12H15BrN2O3. The average Bonchev–Trinajstić information content (AvgIpc) is 2.35. The Kier molecular flexibility index (Phi) is 4.84. The van der Waals surface area contributed by atoms with E-state index in [0.717, 1.165) is 0 Å². The largest absolute Gasteiger partial charge is 0.338 e. The van der Waals surface area contributed by atoms with E-state index in [1.54, 1.807) is 18.9 Å². The van der Waals surface area contributed by atoms with Gasteiger partial charge in [0.15, 0.2) is 0 Å². The molecule has 0 fully saturated rings. The molecule has 1 aromatic rings. The summed E-state index contributed by atoms with van der Waals surface area (Å²) in [6, 6.07) is 4.34. The van der Waals surface area contributed by atoms with Crippen molar-refractivity contribution in [1.82, 2.24) is 4.90 Å². The molecule has 0 bridgehead atoms. The predicted octanol–water partition coefficient (Wildman–Crippen LogP) is 2.76. The summed E-state index contributed by atoms with van der Waals surface area (Å²) in [7, 11) is 1.72. The quantitative estimate of drug-likeness (QED) is 0.487. The first-order chi connectivity index (χ1) is 8.38. The van der Waals surface area contributed by atoms with E-state index in [9.17, 15) is 14.9 Å². The van der Waals surface area contributed by atoms with Gasteiger partial charge < -0.3 is 4.90 Å². The molecule has 98 valence electrons. The maximum Gasteiger partial charge on any atom is 0.269 e. The fraction of sp³-hybridized carbons (Fsp3) is 0.417. The third-order valence-electron chi connectivity index (χ3n) is 2.86. The first-order valence-electron chi connectivity index (χ1n) is 5.46. The Hall–Kier alpha value is -1.43. The molecule has 18 heavy (non-hydrogen) atoms. The molecule has 1 atom stereocenters. The maximum absolute atomic E-state index is 12.2. The van der Waals surface area contributed by atoms with Crippen LogP contribution in [-0.4, -0.2) is 34.2 Å². The molecule has 0 N–H and O–H groups in total. The van der Waals surface area contributed by atoms with Crippen molar-refractivity contribution in [2.45, 2.75) is 19.9 Å². The zero-order chi connectivity index (χ0) is 13.9. The number of nitrogens with zero attached hydrogens (tertiary/aromatic N) is 2. The molecule has 0 saturated carbocycles. The van der Waals surface area contributed by atoms with E-state index in [-0.39, 0.29) is 17.6 Å². The minimum absolute atomic E-state index is 0.000225. The van der Waals surface area contributed by atoms with E-state index in [0.29, 0.717) is 16.5 Å². The molecule has 0 aliphatic heterocycles. The van der Waals surface area contributed by atoms with Gasteiger partial charge in [-0.1, -0.05) is 15.9 Å². The number of aryl methyl sites for hydroxylation is 1. The minimum Gasteiger partial charge on any atom is -0.338 e. The minimum atomic E-state index is -0.466. The average molecular weight is 315 g/mol. The molecule has 1 unspecified atom stereocenters. The number of benzene rings is 1. The first-order valence-corrected chi connectivity index (χ1v) is 6.58. The Labute approximate surface area is 114 Å². The van der Waals surface area contributed by atoms with E-state index in [4.69, 9.17) is 0 Å². The zero-order valence-corrected chi connectivity index (χ0v) is 12.1. The molecule has 6 heteroatoms. The number of nitro groups is 1. The van der Waals surface area contributed by atoms with Gasteiger partial charge >= 0.3 is 0 Å². The number of hydrogen-bond acceptors (Lipinski definition) is 3. The summed E-state index contributed by atoms with van der Waals surface area (Å²) in [5.74, 6) is -0.130. The normalized spacial score (nSPS) is 12.0. The number of halogens is 1. The van der Waals surface area contributed by atoms with E-state index in [1.165, 1.54) is 18.2 Å². The molecule has 0 aliphatic carbocycles. The van der Waals surface area contributed by atoms with Crippen LogP contribution in [-0.2, 0) is 0 Å². The molecule has 0 spiro atoms. The third kappa shape index (κ3) is 3.07. The van der Waals surface area contributed by atoms with Crippen LogP contribution in [0.4, 0.5) is 5.69 Å². The number of hydrogen-bond donors (Lipinski definition) is 0. The number of carbonyl (C=O) groups excluding carboxylic acids is 1. The third-order valence-corrected chi connectivity index (χ3v) is 3.79. The molecule has 1 amide bonds. The van der Waals surface area contributed by atoms with Crippen molar-refractivity contribution in [3.8, 4) is 0 Å². The molecule has 0 aromatic heterocycles. The molecule has 0 aliphatic rings. The summed E-state index contributed by atoms with van der Waals surface area (Å²) in [6.45, 7) is 3.63. The van der Waals surface area contributed by atoms with E-state index >= 15 is 0 Å². The second-order valence-corrected chi connectivity index (χ2v) is 4.82. The van der Waals surface area contributed by atoms with Crippen LogP contribution in [0.5, 0.6) is 0 Å². The molecule has 1 aromatic carbocycles. The van der Waals surface area contributed by atoms with Gasteiger partial charge in [0.25, 0.3) is 11.6 Å². The van der Waals surface area contributed by atoms with Gasteiger partial charge in [-0.15, -0.1) is 0 Å². The SMILES string of the molecule is Cc1cc([N+](=O)[O-])ccc1C(=O)N(C)C(C)CBr. The van der Waals surface area contributed by atoms with E-state index in [1.807, 2.05) is 6.92 Å². The van der Waals surface area contributed by atoms with Crippen molar-refractivity contribution < 1.29 is 9.72 Å². The van der Waals surface area contributed by atoms with Gasteiger partial charge in [0.2, 0.25) is 0 Å². The van der Waals surface area contributed by atoms with Crippen LogP contribution in [0.1, 0.15) is 22.8 Å². The van der Waals surface area contributed by atoms with Crippen molar-refractivity contribution >= 4 is 27.5 Å². The highest BCUT2D eigenvalue weighted by atomic mass is 79.9. The highest BCUT2D eigenvalue weighted by Gasteiger charge is 2.19. The lowest BCUT2D eigenvalue weighted by Gasteiger charge is -2.23. The van der Waals surface area contributed by atoms with Crippen LogP contribution < -0.4 is 0 Å². The van der Waals surface area contributed by atoms with Crippen LogP contribution in [0.3, 0.4) is 0 Å². The van der Waals surface area contributed by atoms with Gasteiger partial charge in [-0.05, 0) is 25.5 Å². The van der Waals surface area contributed by atoms with Gasteiger partial charge in [-0.25, -0.2) is 0 Å². The Morgan fingerprint density at radius 3 is 2.61 bits per heavy atom. The van der Waals surface area contributed by atoms with Crippen LogP contribution in [0.25, 0.3) is 0 Å². The number of alkyl halides is 1. The van der Waals surface area contributed by atoms with Crippen molar-refractivity contribution in [3.63, 3.8) is 0 Å². The fourth-order valence-electron chi connectivity index (χ4n) is 1.50. The predicted molar refractivity (Wildman–Crippen MR) is 73.2 cm³/mol. The summed E-state index contributed by atoms with van der Waals surface area (Å²) >= 11 is 3.32. The lowest BCUT2D eigenvalue weighted by atomic mass is 10.1. The zero-order valence-electron chi connectivity index (χ0n) is 10.5. The summed E-state index contributed by atoms with van der Waals surface area (Å²) in [5.41, 5.74) is 1.11. The maximum atomic E-state index is 12.2. The molecule has 0 saturated heterocycles. The first kappa shape index (κ1) is 14.6. The van der Waals surface area contributed by atoms with E-state index in [2.05, 4.69) is 15.9 Å². The van der Waals surface area contributed by atoms with Crippen LogP contribution >= 0.6 is 15.9 Å². The van der Waals surface area contributed by atoms with Gasteiger partial charge in [0.05, 0.1) is 4.92 Å². The van der Waals surface area contributed by atoms with Gasteiger partial charge in [0.1, 0.15) is 0 Å². The summed E-state index contributed by atoms with van der Waals surface area (Å²) < 4.78 is 0. The molecule has 5 nitrogen and oxygen atoms in total. The summed E-state index contributed by atoms with van der Waals surface area (Å²) in [4.78, 5) is 24.0. The topological polar surface area (TPSA) is 63.5 Å². The van der Waals surface area contributed by atoms with Crippen molar-refractivity contribution in [2.24, 2.45) is 0 Å². The van der Waals surface area contributed by atoms with Crippen LogP contribution in [0.2, 0.25) is 0 Å². The summed E-state index contributed by atoms with van der Waals surface area (Å²) in [5, 5.41) is 11.3. The second kappa shape index (κ2) is 5.95. The monoisotopic (exact) mass is 314 g/mol. The second-order valence-electron chi connectivity index (χ2n) is 4.18. The molecule has 0 radical (unpaired) electrons. The number of nitro benzene ring substituents is 1. The van der Waals surface area contributed by atoms with Gasteiger partial charge in [-0.3, -0.25) is 14.9 Å². The lowest BCUT2D eigenvalue weighted by molar-refractivity contribution is -0.384. The molecular weight excluding hydrogens is 300 g/mol. The highest BCUT2D eigenvalue weighted by molar-refractivity contribution is 9.09. The van der Waals surface area contributed by atoms with Crippen LogP contribution in [0, 0.1) is 17.0 Å². The van der Waals surface area contributed by atoms with Crippen molar-refractivity contribution in [2.75, 3.05) is 12.4 Å². The van der Waals surface area contributed by atoms with Gasteiger partial charge in [-0.2, -0.15) is 0 Å². The standard InChI is InChI=1S/C12H15BrN2O3/c1-8-6-10(15(17)18)4-5-11(8)12(16)14(3)9(2)7-13/h4-6,9H,7H2,1-3H3.